The molecule has 120 valence electrons. The minimum atomic E-state index is -1.20. The summed E-state index contributed by atoms with van der Waals surface area (Å²) >= 11 is 7.04. The van der Waals surface area contributed by atoms with Crippen molar-refractivity contribution in [2.45, 2.75) is 23.1 Å². The van der Waals surface area contributed by atoms with E-state index in [-0.39, 0.29) is 11.8 Å². The van der Waals surface area contributed by atoms with Crippen LogP contribution in [-0.4, -0.2) is 32.9 Å². The van der Waals surface area contributed by atoms with Crippen LogP contribution in [0.1, 0.15) is 6.92 Å². The summed E-state index contributed by atoms with van der Waals surface area (Å²) in [6, 6.07) is 7.43. The number of nitrogens with one attached hydrogen (secondary N) is 2. The highest BCUT2D eigenvalue weighted by molar-refractivity contribution is 8.02. The molecule has 2 heterocycles. The van der Waals surface area contributed by atoms with E-state index in [9.17, 15) is 9.59 Å². The van der Waals surface area contributed by atoms with Crippen LogP contribution < -0.4 is 10.6 Å². The predicted octanol–water partition coefficient (Wildman–Crippen LogP) is 2.16. The number of aromatic nitrogens is 2. The molecule has 1 unspecified atom stereocenters. The summed E-state index contributed by atoms with van der Waals surface area (Å²) in [5.41, 5.74) is 0.735. The molecule has 2 aromatic rings. The van der Waals surface area contributed by atoms with Gasteiger partial charge in [-0.15, -0.1) is 0 Å². The molecule has 1 aromatic carbocycles. The Bertz CT molecular complexity index is 763. The van der Waals surface area contributed by atoms with Crippen molar-refractivity contribution in [3.8, 4) is 0 Å². The van der Waals surface area contributed by atoms with Crippen LogP contribution in [0, 0.1) is 0 Å². The second kappa shape index (κ2) is 6.25. The number of hydrogen-bond acceptors (Lipinski definition) is 4. The molecular formula is C15H15ClN4O2S. The van der Waals surface area contributed by atoms with Crippen molar-refractivity contribution in [2.24, 2.45) is 0 Å². The summed E-state index contributed by atoms with van der Waals surface area (Å²) < 4.78 is 0.435. The quantitative estimate of drug-likeness (QED) is 0.828. The fourth-order valence-corrected chi connectivity index (χ4v) is 3.51. The van der Waals surface area contributed by atoms with Gasteiger partial charge in [0.15, 0.2) is 4.75 Å². The largest absolute Gasteiger partial charge is 0.353 e. The molecule has 1 atom stereocenters. The van der Waals surface area contributed by atoms with Gasteiger partial charge in [0.05, 0.1) is 23.5 Å². The third-order valence-corrected chi connectivity index (χ3v) is 5.09. The topological polar surface area (TPSA) is 76.0 Å². The molecule has 1 aliphatic heterocycles. The Morgan fingerprint density at radius 2 is 2.26 bits per heavy atom. The highest BCUT2D eigenvalue weighted by Crippen LogP contribution is 2.42. The molecule has 0 bridgehead atoms. The Morgan fingerprint density at radius 3 is 3.00 bits per heavy atom. The predicted molar refractivity (Wildman–Crippen MR) is 89.6 cm³/mol. The maximum Gasteiger partial charge on any atom is 0.250 e. The number of thioether (sulfide) groups is 1. The zero-order valence-electron chi connectivity index (χ0n) is 12.4. The van der Waals surface area contributed by atoms with Gasteiger partial charge in [0.1, 0.15) is 0 Å². The van der Waals surface area contributed by atoms with Crippen molar-refractivity contribution in [1.82, 2.24) is 15.1 Å². The van der Waals surface area contributed by atoms with E-state index >= 15 is 0 Å². The lowest BCUT2D eigenvalue weighted by Crippen LogP contribution is -2.52. The van der Waals surface area contributed by atoms with Crippen LogP contribution in [-0.2, 0) is 16.1 Å². The molecule has 0 radical (unpaired) electrons. The fourth-order valence-electron chi connectivity index (χ4n) is 2.23. The second-order valence-corrected chi connectivity index (χ2v) is 7.16. The average Bonchev–Trinajstić information content (AvgIpc) is 2.93. The molecule has 0 spiro atoms. The van der Waals surface area contributed by atoms with Crippen LogP contribution in [0.4, 0.5) is 5.69 Å². The first-order valence-electron chi connectivity index (χ1n) is 7.05. The Morgan fingerprint density at radius 1 is 1.48 bits per heavy atom. The van der Waals surface area contributed by atoms with Crippen LogP contribution in [0.3, 0.4) is 0 Å². The number of para-hydroxylation sites is 1. The van der Waals surface area contributed by atoms with Crippen molar-refractivity contribution in [3.05, 3.63) is 41.7 Å². The molecule has 1 aliphatic rings. The van der Waals surface area contributed by atoms with E-state index in [1.807, 2.05) is 24.3 Å². The first kappa shape index (κ1) is 15.9. The lowest BCUT2D eigenvalue weighted by atomic mass is 10.1. The Balaban J connectivity index is 1.65. The maximum absolute atomic E-state index is 12.5. The third kappa shape index (κ3) is 3.20. The molecule has 2 amide bonds. The first-order valence-corrected chi connectivity index (χ1v) is 8.24. The van der Waals surface area contributed by atoms with E-state index in [2.05, 4.69) is 15.7 Å². The molecule has 3 rings (SSSR count). The molecule has 0 saturated carbocycles. The number of anilines is 1. The standard InChI is InChI=1S/C15H15ClN4O2S/c1-15(13(21)17-6-7-20-9-10(16)8-18-20)14(22)19-11-4-2-3-5-12(11)23-15/h2-5,8-9H,6-7H2,1H3,(H,17,21)(H,19,22). The van der Waals surface area contributed by atoms with E-state index in [0.29, 0.717) is 18.1 Å². The number of nitrogens with zero attached hydrogens (tertiary/aromatic N) is 2. The molecule has 23 heavy (non-hydrogen) atoms. The third-order valence-electron chi connectivity index (χ3n) is 3.54. The smallest absolute Gasteiger partial charge is 0.250 e. The molecule has 1 aromatic heterocycles. The Kier molecular flexibility index (Phi) is 4.32. The highest BCUT2D eigenvalue weighted by Gasteiger charge is 2.45. The zero-order chi connectivity index (χ0) is 16.4. The van der Waals surface area contributed by atoms with Crippen molar-refractivity contribution in [2.75, 3.05) is 11.9 Å². The van der Waals surface area contributed by atoms with E-state index in [0.717, 1.165) is 10.6 Å². The average molecular weight is 351 g/mol. The van der Waals surface area contributed by atoms with E-state index in [1.165, 1.54) is 18.0 Å². The van der Waals surface area contributed by atoms with E-state index < -0.39 is 4.75 Å². The number of halogens is 1. The summed E-state index contributed by atoms with van der Waals surface area (Å²) in [5.74, 6) is -0.645. The van der Waals surface area contributed by atoms with Crippen LogP contribution in [0.5, 0.6) is 0 Å². The van der Waals surface area contributed by atoms with Crippen molar-refractivity contribution >= 4 is 40.9 Å². The summed E-state index contributed by atoms with van der Waals surface area (Å²) in [6.07, 6.45) is 3.21. The van der Waals surface area contributed by atoms with Gasteiger partial charge in [-0.2, -0.15) is 5.10 Å². The summed E-state index contributed by atoms with van der Waals surface area (Å²) in [4.78, 5) is 25.7. The maximum atomic E-state index is 12.5. The Labute approximate surface area is 142 Å². The van der Waals surface area contributed by atoms with Crippen molar-refractivity contribution in [1.29, 1.82) is 0 Å². The van der Waals surface area contributed by atoms with Crippen LogP contribution in [0.2, 0.25) is 5.02 Å². The van der Waals surface area contributed by atoms with E-state index in [1.54, 1.807) is 17.8 Å². The number of hydrogen-bond donors (Lipinski definition) is 2. The van der Waals surface area contributed by atoms with Gasteiger partial charge in [0, 0.05) is 17.6 Å². The number of amides is 2. The minimum Gasteiger partial charge on any atom is -0.353 e. The summed E-state index contributed by atoms with van der Waals surface area (Å²) in [6.45, 7) is 2.47. The molecule has 8 heteroatoms. The van der Waals surface area contributed by atoms with Crippen LogP contribution >= 0.6 is 23.4 Å². The molecule has 0 aliphatic carbocycles. The van der Waals surface area contributed by atoms with Crippen LogP contribution in [0.15, 0.2) is 41.6 Å². The zero-order valence-corrected chi connectivity index (χ0v) is 13.9. The molecule has 0 saturated heterocycles. The lowest BCUT2D eigenvalue weighted by Gasteiger charge is -2.31. The van der Waals surface area contributed by atoms with Crippen LogP contribution in [0.25, 0.3) is 0 Å². The van der Waals surface area contributed by atoms with Crippen molar-refractivity contribution < 1.29 is 9.59 Å². The number of carbonyl (C=O) groups excluding carboxylic acids is 2. The fraction of sp³-hybridized carbons (Fsp3) is 0.267. The van der Waals surface area contributed by atoms with Gasteiger partial charge in [-0.05, 0) is 19.1 Å². The van der Waals surface area contributed by atoms with Gasteiger partial charge in [0.25, 0.3) is 0 Å². The number of benzene rings is 1. The van der Waals surface area contributed by atoms with Gasteiger partial charge in [0.2, 0.25) is 11.8 Å². The monoisotopic (exact) mass is 350 g/mol. The number of fused-ring (bicyclic) bond motifs is 1. The molecular weight excluding hydrogens is 336 g/mol. The SMILES string of the molecule is CC1(C(=O)NCCn2cc(Cl)cn2)Sc2ccccc2NC1=O. The minimum absolute atomic E-state index is 0.319. The summed E-state index contributed by atoms with van der Waals surface area (Å²) in [5, 5.41) is 10.2. The second-order valence-electron chi connectivity index (χ2n) is 5.26. The highest BCUT2D eigenvalue weighted by atomic mass is 35.5. The molecule has 0 fully saturated rings. The van der Waals surface area contributed by atoms with E-state index in [4.69, 9.17) is 11.6 Å². The van der Waals surface area contributed by atoms with Gasteiger partial charge in [-0.3, -0.25) is 14.3 Å². The normalized spacial score (nSPS) is 19.8. The number of rotatable bonds is 4. The van der Waals surface area contributed by atoms with Crippen molar-refractivity contribution in [3.63, 3.8) is 0 Å². The van der Waals surface area contributed by atoms with Gasteiger partial charge in [-0.1, -0.05) is 35.5 Å². The Hall–Kier alpha value is -1.99. The summed E-state index contributed by atoms with van der Waals surface area (Å²) in [7, 11) is 0. The lowest BCUT2D eigenvalue weighted by molar-refractivity contribution is -0.129. The molecule has 6 nitrogen and oxygen atoms in total. The van der Waals surface area contributed by atoms with Gasteiger partial charge in [-0.25, -0.2) is 0 Å². The van der Waals surface area contributed by atoms with Gasteiger partial charge < -0.3 is 10.6 Å². The molecule has 2 N–H and O–H groups in total. The first-order chi connectivity index (χ1) is 11.0. The van der Waals surface area contributed by atoms with Gasteiger partial charge >= 0.3 is 0 Å². The number of carbonyl (C=O) groups is 2.